The molecule has 0 saturated carbocycles. The summed E-state index contributed by atoms with van der Waals surface area (Å²) >= 11 is 0. The van der Waals surface area contributed by atoms with Gasteiger partial charge >= 0.3 is 0 Å². The smallest absolute Gasteiger partial charge is 0.255 e. The first-order valence-electron chi connectivity index (χ1n) is 10.5. The number of aromatic nitrogens is 3. The van der Waals surface area contributed by atoms with E-state index in [0.717, 1.165) is 54.2 Å². The molecule has 0 atom stereocenters. The molecule has 1 amide bonds. The summed E-state index contributed by atoms with van der Waals surface area (Å²) in [7, 11) is 0. The third kappa shape index (κ3) is 4.00. The molecule has 0 bridgehead atoms. The van der Waals surface area contributed by atoms with Crippen molar-refractivity contribution in [2.75, 3.05) is 23.3 Å². The standard InChI is InChI=1S/C24H24N6O/c25-19-9-11-29(12-10-19)22-15-26-16-23(28-22)30-13-8-17-14-18(6-7-21(17)30)24(31)27-20-4-2-1-3-5-20/h1-8,13-16,19H,9-12,25H2,(H,27,31). The number of carbonyl (C=O) groups is 1. The zero-order chi connectivity index (χ0) is 21.2. The van der Waals surface area contributed by atoms with Crippen molar-refractivity contribution in [2.45, 2.75) is 18.9 Å². The lowest BCUT2D eigenvalue weighted by molar-refractivity contribution is 0.102. The largest absolute Gasteiger partial charge is 0.355 e. The molecule has 2 aromatic heterocycles. The Labute approximate surface area is 180 Å². The minimum Gasteiger partial charge on any atom is -0.355 e. The molecule has 0 aliphatic carbocycles. The molecule has 1 aliphatic rings. The van der Waals surface area contributed by atoms with Crippen molar-refractivity contribution in [3.8, 4) is 5.82 Å². The van der Waals surface area contributed by atoms with Gasteiger partial charge in [-0.25, -0.2) is 4.98 Å². The van der Waals surface area contributed by atoms with Gasteiger partial charge in [0.25, 0.3) is 5.91 Å². The van der Waals surface area contributed by atoms with E-state index in [1.165, 1.54) is 0 Å². The van der Waals surface area contributed by atoms with Gasteiger partial charge < -0.3 is 16.0 Å². The summed E-state index contributed by atoms with van der Waals surface area (Å²) in [6.45, 7) is 1.79. The van der Waals surface area contributed by atoms with Crippen LogP contribution in [-0.4, -0.2) is 39.6 Å². The fraction of sp³-hybridized carbons (Fsp3) is 0.208. The summed E-state index contributed by atoms with van der Waals surface area (Å²) in [6, 6.07) is 17.4. The Hall–Kier alpha value is -3.71. The van der Waals surface area contributed by atoms with E-state index in [1.807, 2.05) is 65.4 Å². The zero-order valence-electron chi connectivity index (χ0n) is 17.1. The van der Waals surface area contributed by atoms with Gasteiger partial charge in [-0.15, -0.1) is 0 Å². The highest BCUT2D eigenvalue weighted by atomic mass is 16.1. The molecule has 0 unspecified atom stereocenters. The number of hydrogen-bond acceptors (Lipinski definition) is 5. The Morgan fingerprint density at radius 2 is 1.77 bits per heavy atom. The third-order valence-electron chi connectivity index (χ3n) is 5.70. The SMILES string of the molecule is NC1CCN(c2cncc(-n3ccc4cc(C(=O)Nc5ccccc5)ccc43)n2)CC1. The second-order valence-corrected chi connectivity index (χ2v) is 7.84. The zero-order valence-corrected chi connectivity index (χ0v) is 17.1. The van der Waals surface area contributed by atoms with Gasteiger partial charge in [-0.3, -0.25) is 14.3 Å². The number of nitrogens with zero attached hydrogens (tertiary/aromatic N) is 4. The molecule has 3 heterocycles. The highest BCUT2D eigenvalue weighted by Crippen LogP contribution is 2.23. The number of anilines is 2. The summed E-state index contributed by atoms with van der Waals surface area (Å²) in [6.07, 6.45) is 7.45. The van der Waals surface area contributed by atoms with E-state index in [9.17, 15) is 4.79 Å². The highest BCUT2D eigenvalue weighted by molar-refractivity contribution is 6.06. The second kappa shape index (κ2) is 8.20. The maximum Gasteiger partial charge on any atom is 0.255 e. The molecule has 31 heavy (non-hydrogen) atoms. The highest BCUT2D eigenvalue weighted by Gasteiger charge is 2.18. The number of para-hydroxylation sites is 1. The van der Waals surface area contributed by atoms with Crippen molar-refractivity contribution in [3.05, 3.63) is 78.8 Å². The number of rotatable bonds is 4. The normalized spacial score (nSPS) is 14.7. The van der Waals surface area contributed by atoms with Crippen LogP contribution in [0.25, 0.3) is 16.7 Å². The van der Waals surface area contributed by atoms with Crippen LogP contribution in [0, 0.1) is 0 Å². The van der Waals surface area contributed by atoms with Crippen LogP contribution >= 0.6 is 0 Å². The first kappa shape index (κ1) is 19.3. The fourth-order valence-electron chi connectivity index (χ4n) is 3.95. The monoisotopic (exact) mass is 412 g/mol. The Bertz CT molecular complexity index is 1210. The van der Waals surface area contributed by atoms with Gasteiger partial charge in [0.15, 0.2) is 5.82 Å². The van der Waals surface area contributed by atoms with E-state index in [4.69, 9.17) is 10.7 Å². The van der Waals surface area contributed by atoms with Crippen LogP contribution in [0.15, 0.2) is 73.2 Å². The van der Waals surface area contributed by atoms with Gasteiger partial charge in [-0.05, 0) is 49.2 Å². The number of amides is 1. The predicted molar refractivity (Wildman–Crippen MR) is 123 cm³/mol. The van der Waals surface area contributed by atoms with Gasteiger partial charge in [0.05, 0.1) is 17.9 Å². The average molecular weight is 412 g/mol. The number of hydrogen-bond donors (Lipinski definition) is 2. The van der Waals surface area contributed by atoms with Crippen molar-refractivity contribution in [2.24, 2.45) is 5.73 Å². The number of piperidine rings is 1. The molecule has 2 aromatic carbocycles. The van der Waals surface area contributed by atoms with Crippen molar-refractivity contribution < 1.29 is 4.79 Å². The summed E-state index contributed by atoms with van der Waals surface area (Å²) < 4.78 is 2.00. The first-order chi connectivity index (χ1) is 15.2. The quantitative estimate of drug-likeness (QED) is 0.535. The predicted octanol–water partition coefficient (Wildman–Crippen LogP) is 3.60. The van der Waals surface area contributed by atoms with E-state index < -0.39 is 0 Å². The molecule has 7 nitrogen and oxygen atoms in total. The molecule has 1 saturated heterocycles. The number of benzene rings is 2. The average Bonchev–Trinajstić information content (AvgIpc) is 3.24. The number of fused-ring (bicyclic) bond motifs is 1. The molecule has 1 aliphatic heterocycles. The molecule has 3 N–H and O–H groups in total. The van der Waals surface area contributed by atoms with Crippen LogP contribution in [0.4, 0.5) is 11.5 Å². The minimum atomic E-state index is -0.133. The first-order valence-corrected chi connectivity index (χ1v) is 10.5. The van der Waals surface area contributed by atoms with E-state index in [2.05, 4.69) is 15.2 Å². The van der Waals surface area contributed by atoms with E-state index >= 15 is 0 Å². The van der Waals surface area contributed by atoms with Gasteiger partial charge in [-0.2, -0.15) is 0 Å². The van der Waals surface area contributed by atoms with E-state index in [0.29, 0.717) is 5.56 Å². The van der Waals surface area contributed by atoms with E-state index in [-0.39, 0.29) is 11.9 Å². The van der Waals surface area contributed by atoms with Crippen LogP contribution in [0.1, 0.15) is 23.2 Å². The summed E-state index contributed by atoms with van der Waals surface area (Å²) in [4.78, 5) is 24.1. The summed E-state index contributed by atoms with van der Waals surface area (Å²) in [5, 5.41) is 3.90. The van der Waals surface area contributed by atoms with Gasteiger partial charge in [0, 0.05) is 42.0 Å². The van der Waals surface area contributed by atoms with E-state index in [1.54, 1.807) is 12.4 Å². The Kier molecular flexibility index (Phi) is 5.09. The Morgan fingerprint density at radius 1 is 1.00 bits per heavy atom. The lowest BCUT2D eigenvalue weighted by Gasteiger charge is -2.30. The van der Waals surface area contributed by atoms with Crippen molar-refractivity contribution >= 4 is 28.3 Å². The molecule has 0 spiro atoms. The van der Waals surface area contributed by atoms with Crippen molar-refractivity contribution in [1.29, 1.82) is 0 Å². The van der Waals surface area contributed by atoms with Crippen molar-refractivity contribution in [3.63, 3.8) is 0 Å². The summed E-state index contributed by atoms with van der Waals surface area (Å²) in [5.74, 6) is 1.49. The molecule has 0 radical (unpaired) electrons. The van der Waals surface area contributed by atoms with Crippen LogP contribution in [0.2, 0.25) is 0 Å². The molecule has 7 heteroatoms. The molecular weight excluding hydrogens is 388 g/mol. The van der Waals surface area contributed by atoms with Crippen LogP contribution in [-0.2, 0) is 0 Å². The Morgan fingerprint density at radius 3 is 2.58 bits per heavy atom. The third-order valence-corrected chi connectivity index (χ3v) is 5.70. The van der Waals surface area contributed by atoms with Crippen LogP contribution in [0.5, 0.6) is 0 Å². The topological polar surface area (TPSA) is 89.1 Å². The van der Waals surface area contributed by atoms with Gasteiger partial charge in [0.1, 0.15) is 5.82 Å². The number of carbonyl (C=O) groups excluding carboxylic acids is 1. The minimum absolute atomic E-state index is 0.133. The molecular formula is C24H24N6O. The number of nitrogens with two attached hydrogens (primary N) is 1. The van der Waals surface area contributed by atoms with Crippen LogP contribution in [0.3, 0.4) is 0 Å². The van der Waals surface area contributed by atoms with Crippen molar-refractivity contribution in [1.82, 2.24) is 14.5 Å². The molecule has 1 fully saturated rings. The maximum absolute atomic E-state index is 12.6. The maximum atomic E-state index is 12.6. The molecule has 4 aromatic rings. The Balaban J connectivity index is 1.40. The number of nitrogens with one attached hydrogen (secondary N) is 1. The van der Waals surface area contributed by atoms with Gasteiger partial charge in [-0.1, -0.05) is 18.2 Å². The molecule has 5 rings (SSSR count). The second-order valence-electron chi connectivity index (χ2n) is 7.84. The molecule has 156 valence electrons. The summed E-state index contributed by atoms with van der Waals surface area (Å²) in [5.41, 5.74) is 8.38. The lowest BCUT2D eigenvalue weighted by Crippen LogP contribution is -2.40. The van der Waals surface area contributed by atoms with Gasteiger partial charge in [0.2, 0.25) is 0 Å². The lowest BCUT2D eigenvalue weighted by atomic mass is 10.1. The van der Waals surface area contributed by atoms with Crippen LogP contribution < -0.4 is 16.0 Å². The fourth-order valence-corrected chi connectivity index (χ4v) is 3.95.